The minimum Gasteiger partial charge on any atom is -0.467 e. The fourth-order valence-electron chi connectivity index (χ4n) is 2.06. The van der Waals surface area contributed by atoms with Crippen LogP contribution in [0.15, 0.2) is 53.1 Å². The Balaban J connectivity index is 1.69. The standard InChI is InChI=1S/C18H20N2O3/c1-14(13-16(21)17-10-6-12-23-17)20-18(22)19-11-5-9-15-7-3-2-4-8-15/h2-4,6-8,10,12,14,16,21H,11,13H2,1H3,(H2,19,20,22)/t14-,16-/m1/s1. The number of benzene rings is 1. The predicted molar refractivity (Wildman–Crippen MR) is 87.6 cm³/mol. The molecule has 2 amide bonds. The van der Waals surface area contributed by atoms with Crippen molar-refractivity contribution in [1.82, 2.24) is 10.6 Å². The van der Waals surface area contributed by atoms with Gasteiger partial charge in [0.15, 0.2) is 0 Å². The number of furan rings is 1. The zero-order valence-corrected chi connectivity index (χ0v) is 13.0. The van der Waals surface area contributed by atoms with Crippen LogP contribution in [0.4, 0.5) is 4.79 Å². The molecule has 2 atom stereocenters. The molecule has 2 aromatic rings. The molecule has 23 heavy (non-hydrogen) atoms. The van der Waals surface area contributed by atoms with Crippen LogP contribution in [0.5, 0.6) is 0 Å². The summed E-state index contributed by atoms with van der Waals surface area (Å²) in [5.74, 6) is 6.34. The summed E-state index contributed by atoms with van der Waals surface area (Å²) in [5.41, 5.74) is 0.907. The second-order valence-electron chi connectivity index (χ2n) is 5.16. The molecule has 0 aliphatic rings. The molecule has 5 nitrogen and oxygen atoms in total. The van der Waals surface area contributed by atoms with Crippen molar-refractivity contribution >= 4 is 6.03 Å². The normalized spacial score (nSPS) is 12.6. The molecular weight excluding hydrogens is 292 g/mol. The van der Waals surface area contributed by atoms with E-state index in [9.17, 15) is 9.90 Å². The third kappa shape index (κ3) is 5.89. The SMILES string of the molecule is C[C@H](C[C@@H](O)c1ccco1)NC(=O)NCC#Cc1ccccc1. The molecule has 1 aromatic heterocycles. The van der Waals surface area contributed by atoms with Crippen LogP contribution in [0.25, 0.3) is 0 Å². The van der Waals surface area contributed by atoms with Crippen molar-refractivity contribution in [2.24, 2.45) is 0 Å². The minimum absolute atomic E-state index is 0.197. The summed E-state index contributed by atoms with van der Waals surface area (Å²) in [5, 5.41) is 15.4. The van der Waals surface area contributed by atoms with Crippen molar-refractivity contribution in [3.8, 4) is 11.8 Å². The van der Waals surface area contributed by atoms with Gasteiger partial charge in [0.05, 0.1) is 12.8 Å². The quantitative estimate of drug-likeness (QED) is 0.742. The highest BCUT2D eigenvalue weighted by molar-refractivity contribution is 5.74. The van der Waals surface area contributed by atoms with Gasteiger partial charge >= 0.3 is 6.03 Å². The third-order valence-corrected chi connectivity index (χ3v) is 3.17. The molecular formula is C18H20N2O3. The minimum atomic E-state index is -0.738. The zero-order valence-electron chi connectivity index (χ0n) is 13.0. The van der Waals surface area contributed by atoms with Gasteiger partial charge in [0, 0.05) is 18.0 Å². The molecule has 0 saturated carbocycles. The van der Waals surface area contributed by atoms with Crippen molar-refractivity contribution in [2.75, 3.05) is 6.54 Å². The maximum absolute atomic E-state index is 11.7. The van der Waals surface area contributed by atoms with Crippen LogP contribution in [-0.2, 0) is 0 Å². The van der Waals surface area contributed by atoms with E-state index in [0.29, 0.717) is 12.2 Å². The third-order valence-electron chi connectivity index (χ3n) is 3.17. The largest absolute Gasteiger partial charge is 0.467 e. The Morgan fingerprint density at radius 2 is 2.04 bits per heavy atom. The molecule has 0 aliphatic heterocycles. The maximum atomic E-state index is 11.7. The molecule has 0 spiro atoms. The molecule has 0 radical (unpaired) electrons. The molecule has 120 valence electrons. The van der Waals surface area contributed by atoms with Crippen LogP contribution < -0.4 is 10.6 Å². The van der Waals surface area contributed by atoms with Gasteiger partial charge in [0.1, 0.15) is 11.9 Å². The van der Waals surface area contributed by atoms with Crippen LogP contribution in [0.3, 0.4) is 0 Å². The number of nitrogens with one attached hydrogen (secondary N) is 2. The molecule has 0 bridgehead atoms. The van der Waals surface area contributed by atoms with E-state index >= 15 is 0 Å². The van der Waals surface area contributed by atoms with Gasteiger partial charge in [-0.05, 0) is 31.2 Å². The summed E-state index contributed by atoms with van der Waals surface area (Å²) < 4.78 is 5.13. The fraction of sp³-hybridized carbons (Fsp3) is 0.278. The smallest absolute Gasteiger partial charge is 0.315 e. The summed E-state index contributed by atoms with van der Waals surface area (Å²) in [4.78, 5) is 11.7. The van der Waals surface area contributed by atoms with Gasteiger partial charge < -0.3 is 20.2 Å². The lowest BCUT2D eigenvalue weighted by Gasteiger charge is -2.16. The summed E-state index contributed by atoms with van der Waals surface area (Å²) in [7, 11) is 0. The maximum Gasteiger partial charge on any atom is 0.315 e. The first-order valence-corrected chi connectivity index (χ1v) is 7.45. The fourth-order valence-corrected chi connectivity index (χ4v) is 2.06. The average molecular weight is 312 g/mol. The van der Waals surface area contributed by atoms with Gasteiger partial charge in [0.25, 0.3) is 0 Å². The Hall–Kier alpha value is -2.71. The van der Waals surface area contributed by atoms with Crippen molar-refractivity contribution in [2.45, 2.75) is 25.5 Å². The summed E-state index contributed by atoms with van der Waals surface area (Å²) in [6, 6.07) is 12.5. The summed E-state index contributed by atoms with van der Waals surface area (Å²) >= 11 is 0. The predicted octanol–water partition coefficient (Wildman–Crippen LogP) is 2.44. The van der Waals surface area contributed by atoms with Gasteiger partial charge in [-0.25, -0.2) is 4.79 Å². The van der Waals surface area contributed by atoms with Gasteiger partial charge in [-0.15, -0.1) is 0 Å². The number of hydrogen-bond acceptors (Lipinski definition) is 3. The van der Waals surface area contributed by atoms with E-state index in [0.717, 1.165) is 5.56 Å². The number of rotatable bonds is 5. The molecule has 3 N–H and O–H groups in total. The van der Waals surface area contributed by atoms with Crippen molar-refractivity contribution < 1.29 is 14.3 Å². The van der Waals surface area contributed by atoms with E-state index in [1.807, 2.05) is 37.3 Å². The molecule has 0 unspecified atom stereocenters. The first-order valence-electron chi connectivity index (χ1n) is 7.45. The Morgan fingerprint density at radius 1 is 1.26 bits per heavy atom. The number of carbonyl (C=O) groups excluding carboxylic acids is 1. The van der Waals surface area contributed by atoms with E-state index < -0.39 is 6.10 Å². The summed E-state index contributed by atoms with van der Waals surface area (Å²) in [6.45, 7) is 2.08. The van der Waals surface area contributed by atoms with Crippen LogP contribution >= 0.6 is 0 Å². The van der Waals surface area contributed by atoms with E-state index in [1.54, 1.807) is 12.1 Å². The molecule has 0 aliphatic carbocycles. The Labute approximate surface area is 135 Å². The number of aliphatic hydroxyl groups excluding tert-OH is 1. The number of carbonyl (C=O) groups is 1. The number of hydrogen-bond donors (Lipinski definition) is 3. The monoisotopic (exact) mass is 312 g/mol. The van der Waals surface area contributed by atoms with Crippen LogP contribution in [0, 0.1) is 11.8 Å². The van der Waals surface area contributed by atoms with Crippen LogP contribution in [0.1, 0.15) is 30.8 Å². The molecule has 1 heterocycles. The lowest BCUT2D eigenvalue weighted by atomic mass is 10.1. The molecule has 2 rings (SSSR count). The first-order chi connectivity index (χ1) is 11.1. The Kier molecular flexibility index (Phi) is 6.28. The zero-order chi connectivity index (χ0) is 16.5. The second-order valence-corrected chi connectivity index (χ2v) is 5.16. The highest BCUT2D eigenvalue weighted by Crippen LogP contribution is 2.18. The number of urea groups is 1. The highest BCUT2D eigenvalue weighted by Gasteiger charge is 2.15. The Bertz CT molecular complexity index is 657. The van der Waals surface area contributed by atoms with E-state index in [1.165, 1.54) is 6.26 Å². The molecule has 0 fully saturated rings. The van der Waals surface area contributed by atoms with Crippen molar-refractivity contribution in [3.63, 3.8) is 0 Å². The average Bonchev–Trinajstić information content (AvgIpc) is 3.07. The van der Waals surface area contributed by atoms with E-state index in [2.05, 4.69) is 22.5 Å². The highest BCUT2D eigenvalue weighted by atomic mass is 16.4. The first kappa shape index (κ1) is 16.7. The topological polar surface area (TPSA) is 74.5 Å². The van der Waals surface area contributed by atoms with Gasteiger partial charge in [-0.3, -0.25) is 0 Å². The van der Waals surface area contributed by atoms with Crippen LogP contribution in [-0.4, -0.2) is 23.7 Å². The van der Waals surface area contributed by atoms with Gasteiger partial charge in [0.2, 0.25) is 0 Å². The number of aliphatic hydroxyl groups is 1. The summed E-state index contributed by atoms with van der Waals surface area (Å²) in [6.07, 6.45) is 1.14. The van der Waals surface area contributed by atoms with Gasteiger partial charge in [-0.1, -0.05) is 30.0 Å². The van der Waals surface area contributed by atoms with Gasteiger partial charge in [-0.2, -0.15) is 0 Å². The van der Waals surface area contributed by atoms with E-state index in [-0.39, 0.29) is 18.6 Å². The second kappa shape index (κ2) is 8.66. The number of amides is 2. The lowest BCUT2D eigenvalue weighted by molar-refractivity contribution is 0.129. The molecule has 1 aromatic carbocycles. The van der Waals surface area contributed by atoms with E-state index in [4.69, 9.17) is 4.42 Å². The van der Waals surface area contributed by atoms with Crippen molar-refractivity contribution in [3.05, 3.63) is 60.1 Å². The molecule has 0 saturated heterocycles. The van der Waals surface area contributed by atoms with Crippen LogP contribution in [0.2, 0.25) is 0 Å². The Morgan fingerprint density at radius 3 is 2.74 bits per heavy atom. The lowest BCUT2D eigenvalue weighted by Crippen LogP contribution is -2.41. The molecule has 5 heteroatoms. The van der Waals surface area contributed by atoms with Crippen molar-refractivity contribution in [1.29, 1.82) is 0 Å².